The monoisotopic (exact) mass is 249 g/mol. The first kappa shape index (κ1) is 12.2. The number of halogens is 1. The molecular weight excluding hydrogens is 234 g/mol. The van der Waals surface area contributed by atoms with Gasteiger partial charge in [0.2, 0.25) is 0 Å². The second-order valence-electron chi connectivity index (χ2n) is 4.15. The van der Waals surface area contributed by atoms with Crippen LogP contribution in [0.5, 0.6) is 0 Å². The molecule has 2 nitrogen and oxygen atoms in total. The summed E-state index contributed by atoms with van der Waals surface area (Å²) in [5, 5.41) is 4.25. The van der Waals surface area contributed by atoms with Crippen molar-refractivity contribution in [2.45, 2.75) is 25.9 Å². The molecule has 2 rings (SSSR count). The topological polar surface area (TPSA) is 25.2 Å². The Morgan fingerprint density at radius 2 is 1.82 bits per heavy atom. The van der Waals surface area contributed by atoms with Crippen molar-refractivity contribution in [2.24, 2.45) is 0 Å². The molecular formula is C14H16ClNO. The van der Waals surface area contributed by atoms with Crippen molar-refractivity contribution >= 4 is 11.6 Å². The van der Waals surface area contributed by atoms with Gasteiger partial charge in [0.25, 0.3) is 0 Å². The van der Waals surface area contributed by atoms with Crippen LogP contribution in [0.15, 0.2) is 47.1 Å². The summed E-state index contributed by atoms with van der Waals surface area (Å²) in [4.78, 5) is 0. The van der Waals surface area contributed by atoms with Gasteiger partial charge in [-0.25, -0.2) is 0 Å². The summed E-state index contributed by atoms with van der Waals surface area (Å²) in [7, 11) is 0. The number of nitrogens with one attached hydrogen (secondary N) is 1. The number of benzene rings is 1. The van der Waals surface area contributed by atoms with Gasteiger partial charge in [-0.1, -0.05) is 29.8 Å². The summed E-state index contributed by atoms with van der Waals surface area (Å²) >= 11 is 6.16. The minimum atomic E-state index is 0.163. The molecule has 1 N–H and O–H groups in total. The average Bonchev–Trinajstić information content (AvgIpc) is 2.82. The van der Waals surface area contributed by atoms with E-state index in [4.69, 9.17) is 16.0 Å². The summed E-state index contributed by atoms with van der Waals surface area (Å²) in [6.45, 7) is 4.17. The minimum absolute atomic E-state index is 0.163. The molecule has 2 aromatic rings. The fourth-order valence-electron chi connectivity index (χ4n) is 1.91. The molecule has 0 radical (unpaired) electrons. The lowest BCUT2D eigenvalue weighted by Crippen LogP contribution is -2.22. The van der Waals surface area contributed by atoms with Crippen molar-refractivity contribution < 1.29 is 4.42 Å². The van der Waals surface area contributed by atoms with E-state index in [1.165, 1.54) is 0 Å². The molecule has 1 aromatic carbocycles. The van der Waals surface area contributed by atoms with E-state index >= 15 is 0 Å². The zero-order chi connectivity index (χ0) is 12.3. The number of hydrogen-bond donors (Lipinski definition) is 1. The Hall–Kier alpha value is -1.25. The standard InChI is InChI=1S/C14H16ClNO/c1-10(12-6-3-4-7-13(12)15)16-11(2)14-8-5-9-17-14/h3-11,16H,1-2H3/t10?,11-/m1/s1. The fraction of sp³-hybridized carbons (Fsp3) is 0.286. The first-order valence-corrected chi connectivity index (χ1v) is 6.10. The normalized spacial score (nSPS) is 14.5. The smallest absolute Gasteiger partial charge is 0.120 e. The molecule has 0 saturated carbocycles. The molecule has 0 fully saturated rings. The third kappa shape index (κ3) is 2.90. The van der Waals surface area contributed by atoms with E-state index in [1.54, 1.807) is 6.26 Å². The van der Waals surface area contributed by atoms with Crippen LogP contribution in [-0.4, -0.2) is 0 Å². The van der Waals surface area contributed by atoms with Gasteiger partial charge in [0, 0.05) is 11.1 Å². The van der Waals surface area contributed by atoms with E-state index in [9.17, 15) is 0 Å². The van der Waals surface area contributed by atoms with Crippen molar-refractivity contribution in [2.75, 3.05) is 0 Å². The van der Waals surface area contributed by atoms with E-state index in [-0.39, 0.29) is 12.1 Å². The van der Waals surface area contributed by atoms with Crippen molar-refractivity contribution in [3.63, 3.8) is 0 Å². The maximum atomic E-state index is 6.16. The van der Waals surface area contributed by atoms with Gasteiger partial charge in [-0.05, 0) is 37.6 Å². The highest BCUT2D eigenvalue weighted by molar-refractivity contribution is 6.31. The first-order chi connectivity index (χ1) is 8.18. The van der Waals surface area contributed by atoms with E-state index in [2.05, 4.69) is 19.2 Å². The van der Waals surface area contributed by atoms with E-state index in [0.29, 0.717) is 0 Å². The number of hydrogen-bond acceptors (Lipinski definition) is 2. The zero-order valence-electron chi connectivity index (χ0n) is 9.98. The molecule has 0 spiro atoms. The first-order valence-electron chi connectivity index (χ1n) is 5.72. The molecule has 3 heteroatoms. The molecule has 90 valence electrons. The third-order valence-electron chi connectivity index (χ3n) is 2.84. The Kier molecular flexibility index (Phi) is 3.87. The Labute approximate surface area is 107 Å². The number of rotatable bonds is 4. The molecule has 0 aliphatic heterocycles. The number of furan rings is 1. The Morgan fingerprint density at radius 3 is 2.47 bits per heavy atom. The lowest BCUT2D eigenvalue weighted by atomic mass is 10.1. The molecule has 1 unspecified atom stereocenters. The highest BCUT2D eigenvalue weighted by Crippen LogP contribution is 2.25. The van der Waals surface area contributed by atoms with Gasteiger partial charge < -0.3 is 9.73 Å². The fourth-order valence-corrected chi connectivity index (χ4v) is 2.21. The van der Waals surface area contributed by atoms with Gasteiger partial charge in [-0.15, -0.1) is 0 Å². The second kappa shape index (κ2) is 5.39. The highest BCUT2D eigenvalue weighted by Gasteiger charge is 2.14. The van der Waals surface area contributed by atoms with Gasteiger partial charge in [-0.2, -0.15) is 0 Å². The predicted octanol–water partition coefficient (Wildman–Crippen LogP) is 4.34. The van der Waals surface area contributed by atoms with Crippen molar-refractivity contribution in [3.8, 4) is 0 Å². The van der Waals surface area contributed by atoms with Crippen LogP contribution in [0.4, 0.5) is 0 Å². The predicted molar refractivity (Wildman–Crippen MR) is 70.1 cm³/mol. The molecule has 0 bridgehead atoms. The van der Waals surface area contributed by atoms with E-state index in [0.717, 1.165) is 16.3 Å². The van der Waals surface area contributed by atoms with E-state index < -0.39 is 0 Å². The van der Waals surface area contributed by atoms with Crippen molar-refractivity contribution in [1.82, 2.24) is 5.32 Å². The van der Waals surface area contributed by atoms with Crippen LogP contribution in [0.25, 0.3) is 0 Å². The van der Waals surface area contributed by atoms with Crippen LogP contribution in [0.3, 0.4) is 0 Å². The maximum absolute atomic E-state index is 6.16. The van der Waals surface area contributed by atoms with Gasteiger partial charge >= 0.3 is 0 Å². The van der Waals surface area contributed by atoms with Crippen LogP contribution in [0.1, 0.15) is 37.3 Å². The SMILES string of the molecule is CC(N[C@H](C)c1ccco1)c1ccccc1Cl. The van der Waals surface area contributed by atoms with Crippen LogP contribution < -0.4 is 5.32 Å². The van der Waals surface area contributed by atoms with Crippen LogP contribution in [-0.2, 0) is 0 Å². The molecule has 2 atom stereocenters. The zero-order valence-corrected chi connectivity index (χ0v) is 10.7. The average molecular weight is 250 g/mol. The third-order valence-corrected chi connectivity index (χ3v) is 3.19. The summed E-state index contributed by atoms with van der Waals surface area (Å²) in [5.74, 6) is 0.934. The lowest BCUT2D eigenvalue weighted by molar-refractivity contribution is 0.403. The van der Waals surface area contributed by atoms with Gasteiger partial charge in [-0.3, -0.25) is 0 Å². The molecule has 1 heterocycles. The highest BCUT2D eigenvalue weighted by atomic mass is 35.5. The maximum Gasteiger partial charge on any atom is 0.120 e. The summed E-state index contributed by atoms with van der Waals surface area (Å²) in [6.07, 6.45) is 1.69. The lowest BCUT2D eigenvalue weighted by Gasteiger charge is -2.19. The van der Waals surface area contributed by atoms with Gasteiger partial charge in [0.05, 0.1) is 12.3 Å². The van der Waals surface area contributed by atoms with E-state index in [1.807, 2.05) is 36.4 Å². The molecule has 1 aromatic heterocycles. The second-order valence-corrected chi connectivity index (χ2v) is 4.55. The molecule has 17 heavy (non-hydrogen) atoms. The largest absolute Gasteiger partial charge is 0.468 e. The summed E-state index contributed by atoms with van der Waals surface area (Å²) in [5.41, 5.74) is 1.10. The van der Waals surface area contributed by atoms with Gasteiger partial charge in [0.1, 0.15) is 5.76 Å². The summed E-state index contributed by atoms with van der Waals surface area (Å²) < 4.78 is 5.37. The van der Waals surface area contributed by atoms with Crippen LogP contribution in [0.2, 0.25) is 5.02 Å². The Balaban J connectivity index is 2.07. The summed E-state index contributed by atoms with van der Waals surface area (Å²) in [6, 6.07) is 12.1. The Morgan fingerprint density at radius 1 is 1.06 bits per heavy atom. The van der Waals surface area contributed by atoms with Gasteiger partial charge in [0.15, 0.2) is 0 Å². The van der Waals surface area contributed by atoms with Crippen LogP contribution >= 0.6 is 11.6 Å². The van der Waals surface area contributed by atoms with Crippen molar-refractivity contribution in [1.29, 1.82) is 0 Å². The van der Waals surface area contributed by atoms with Crippen molar-refractivity contribution in [3.05, 3.63) is 59.0 Å². The van der Waals surface area contributed by atoms with Crippen LogP contribution in [0, 0.1) is 0 Å². The Bertz CT molecular complexity index is 467. The molecule has 0 aliphatic carbocycles. The minimum Gasteiger partial charge on any atom is -0.468 e. The molecule has 0 aliphatic rings. The quantitative estimate of drug-likeness (QED) is 0.872. The molecule has 0 amide bonds. The molecule has 0 saturated heterocycles.